The quantitative estimate of drug-likeness (QED) is 0.836. The van der Waals surface area contributed by atoms with Crippen LogP contribution in [0.5, 0.6) is 0 Å². The Labute approximate surface area is 98.1 Å². The lowest BCUT2D eigenvalue weighted by Crippen LogP contribution is -2.18. The molecule has 1 rings (SSSR count). The molecule has 1 atom stereocenters. The summed E-state index contributed by atoms with van der Waals surface area (Å²) in [6.45, 7) is 1.47. The van der Waals surface area contributed by atoms with Gasteiger partial charge in [0.2, 0.25) is 0 Å². The van der Waals surface area contributed by atoms with E-state index in [4.69, 9.17) is 33.7 Å². The maximum absolute atomic E-state index is 10.6. The third kappa shape index (κ3) is 3.70. The summed E-state index contributed by atoms with van der Waals surface area (Å²) in [5, 5.41) is 0.910. The number of esters is 1. The average molecular weight is 248 g/mol. The molecule has 0 aliphatic carbocycles. The van der Waals surface area contributed by atoms with Gasteiger partial charge in [0.25, 0.3) is 0 Å². The van der Waals surface area contributed by atoms with Gasteiger partial charge in [-0.2, -0.15) is 0 Å². The summed E-state index contributed by atoms with van der Waals surface area (Å²) in [5.41, 5.74) is 6.57. The standard InChI is InChI=1S/C10H11Cl2NO2/c1-6(14)15-5-10(13)7-2-3-8(11)9(12)4-7/h2-4,10H,5,13H2,1H3. The number of hydrogen-bond donors (Lipinski definition) is 1. The molecule has 0 saturated carbocycles. The monoisotopic (exact) mass is 247 g/mol. The molecule has 0 radical (unpaired) electrons. The lowest BCUT2D eigenvalue weighted by atomic mass is 10.1. The number of halogens is 2. The van der Waals surface area contributed by atoms with E-state index >= 15 is 0 Å². The van der Waals surface area contributed by atoms with Gasteiger partial charge >= 0.3 is 5.97 Å². The highest BCUT2D eigenvalue weighted by Gasteiger charge is 2.09. The maximum Gasteiger partial charge on any atom is 0.302 e. The largest absolute Gasteiger partial charge is 0.464 e. The molecule has 0 saturated heterocycles. The molecule has 0 fully saturated rings. The van der Waals surface area contributed by atoms with Crippen molar-refractivity contribution in [2.75, 3.05) is 6.61 Å². The summed E-state index contributed by atoms with van der Waals surface area (Å²) in [7, 11) is 0. The van der Waals surface area contributed by atoms with Crippen molar-refractivity contribution in [2.24, 2.45) is 5.73 Å². The molecule has 0 bridgehead atoms. The first-order chi connectivity index (χ1) is 7.00. The van der Waals surface area contributed by atoms with Crippen molar-refractivity contribution in [1.29, 1.82) is 0 Å². The van der Waals surface area contributed by atoms with E-state index in [2.05, 4.69) is 0 Å². The molecule has 0 heterocycles. The van der Waals surface area contributed by atoms with Crippen molar-refractivity contribution >= 4 is 29.2 Å². The Balaban J connectivity index is 2.69. The minimum Gasteiger partial charge on any atom is -0.464 e. The highest BCUT2D eigenvalue weighted by atomic mass is 35.5. The van der Waals surface area contributed by atoms with Crippen molar-refractivity contribution in [1.82, 2.24) is 0 Å². The molecule has 5 heteroatoms. The Bertz CT molecular complexity index is 368. The molecular weight excluding hydrogens is 237 g/mol. The summed E-state index contributed by atoms with van der Waals surface area (Å²) in [6.07, 6.45) is 0. The Kier molecular flexibility index (Phi) is 4.39. The van der Waals surface area contributed by atoms with E-state index in [1.54, 1.807) is 18.2 Å². The Morgan fingerprint density at radius 1 is 1.47 bits per heavy atom. The zero-order valence-corrected chi connectivity index (χ0v) is 9.68. The van der Waals surface area contributed by atoms with Crippen LogP contribution in [-0.2, 0) is 9.53 Å². The van der Waals surface area contributed by atoms with Gasteiger partial charge in [0.15, 0.2) is 0 Å². The van der Waals surface area contributed by atoms with Crippen LogP contribution in [-0.4, -0.2) is 12.6 Å². The number of nitrogens with two attached hydrogens (primary N) is 1. The van der Waals surface area contributed by atoms with Crippen LogP contribution >= 0.6 is 23.2 Å². The lowest BCUT2D eigenvalue weighted by Gasteiger charge is -2.12. The van der Waals surface area contributed by atoms with Crippen LogP contribution in [0.4, 0.5) is 0 Å². The molecule has 0 amide bonds. The van der Waals surface area contributed by atoms with Gasteiger partial charge < -0.3 is 10.5 Å². The van der Waals surface area contributed by atoms with Gasteiger partial charge in [0, 0.05) is 6.92 Å². The van der Waals surface area contributed by atoms with Gasteiger partial charge in [-0.1, -0.05) is 29.3 Å². The predicted octanol–water partition coefficient (Wildman–Crippen LogP) is 2.56. The number of benzene rings is 1. The zero-order chi connectivity index (χ0) is 11.4. The Morgan fingerprint density at radius 2 is 2.13 bits per heavy atom. The number of carbonyl (C=O) groups excluding carboxylic acids is 1. The van der Waals surface area contributed by atoms with Crippen LogP contribution in [0.2, 0.25) is 10.0 Å². The molecule has 0 aliphatic heterocycles. The van der Waals surface area contributed by atoms with E-state index in [0.717, 1.165) is 5.56 Å². The van der Waals surface area contributed by atoms with Gasteiger partial charge in [-0.25, -0.2) is 0 Å². The molecule has 0 spiro atoms. The third-order valence-electron chi connectivity index (χ3n) is 1.84. The van der Waals surface area contributed by atoms with Gasteiger partial charge in [0.1, 0.15) is 6.61 Å². The van der Waals surface area contributed by atoms with E-state index in [1.165, 1.54) is 6.92 Å². The van der Waals surface area contributed by atoms with Crippen LogP contribution in [0.3, 0.4) is 0 Å². The SMILES string of the molecule is CC(=O)OCC(N)c1ccc(Cl)c(Cl)c1. The summed E-state index contributed by atoms with van der Waals surface area (Å²) >= 11 is 11.6. The van der Waals surface area contributed by atoms with Crippen LogP contribution in [0.25, 0.3) is 0 Å². The second kappa shape index (κ2) is 5.35. The minimum atomic E-state index is -0.385. The molecule has 1 aromatic carbocycles. The topological polar surface area (TPSA) is 52.3 Å². The average Bonchev–Trinajstić information content (AvgIpc) is 2.18. The Morgan fingerprint density at radius 3 is 2.67 bits per heavy atom. The fourth-order valence-corrected chi connectivity index (χ4v) is 1.35. The molecule has 0 aromatic heterocycles. The van der Waals surface area contributed by atoms with Crippen molar-refractivity contribution in [3.05, 3.63) is 33.8 Å². The fourth-order valence-electron chi connectivity index (χ4n) is 1.05. The molecule has 0 aliphatic rings. The molecule has 1 aromatic rings. The lowest BCUT2D eigenvalue weighted by molar-refractivity contribution is -0.141. The van der Waals surface area contributed by atoms with E-state index in [1.807, 2.05) is 0 Å². The first-order valence-electron chi connectivity index (χ1n) is 4.34. The summed E-state index contributed by atoms with van der Waals surface area (Å²) in [6, 6.07) is 4.69. The molecule has 1 unspecified atom stereocenters. The predicted molar refractivity (Wildman–Crippen MR) is 60.0 cm³/mol. The third-order valence-corrected chi connectivity index (χ3v) is 2.58. The normalized spacial score (nSPS) is 12.3. The number of ether oxygens (including phenoxy) is 1. The molecule has 2 N–H and O–H groups in total. The molecular formula is C10H11Cl2NO2. The first kappa shape index (κ1) is 12.3. The van der Waals surface area contributed by atoms with Gasteiger partial charge in [-0.15, -0.1) is 0 Å². The van der Waals surface area contributed by atoms with E-state index in [0.29, 0.717) is 10.0 Å². The number of hydrogen-bond acceptors (Lipinski definition) is 3. The Hall–Kier alpha value is -0.770. The van der Waals surface area contributed by atoms with Gasteiger partial charge in [-0.05, 0) is 17.7 Å². The fraction of sp³-hybridized carbons (Fsp3) is 0.300. The van der Waals surface area contributed by atoms with Crippen molar-refractivity contribution in [3.63, 3.8) is 0 Å². The van der Waals surface area contributed by atoms with E-state index in [9.17, 15) is 4.79 Å². The van der Waals surface area contributed by atoms with Crippen LogP contribution in [0.1, 0.15) is 18.5 Å². The summed E-state index contributed by atoms with van der Waals surface area (Å²) in [5.74, 6) is -0.356. The van der Waals surface area contributed by atoms with Gasteiger partial charge in [0.05, 0.1) is 16.1 Å². The van der Waals surface area contributed by atoms with Crippen LogP contribution < -0.4 is 5.73 Å². The highest BCUT2D eigenvalue weighted by Crippen LogP contribution is 2.24. The minimum absolute atomic E-state index is 0.132. The molecule has 3 nitrogen and oxygen atoms in total. The summed E-state index contributed by atoms with van der Waals surface area (Å²) in [4.78, 5) is 10.6. The molecule has 82 valence electrons. The van der Waals surface area contributed by atoms with E-state index in [-0.39, 0.29) is 18.6 Å². The second-order valence-electron chi connectivity index (χ2n) is 3.08. The van der Waals surface area contributed by atoms with Gasteiger partial charge in [-0.3, -0.25) is 4.79 Å². The number of carbonyl (C=O) groups is 1. The summed E-state index contributed by atoms with van der Waals surface area (Å²) < 4.78 is 4.79. The van der Waals surface area contributed by atoms with Crippen molar-refractivity contribution < 1.29 is 9.53 Å². The van der Waals surface area contributed by atoms with Crippen molar-refractivity contribution in [3.8, 4) is 0 Å². The van der Waals surface area contributed by atoms with E-state index < -0.39 is 0 Å². The first-order valence-corrected chi connectivity index (χ1v) is 5.10. The highest BCUT2D eigenvalue weighted by molar-refractivity contribution is 6.42. The smallest absolute Gasteiger partial charge is 0.302 e. The van der Waals surface area contributed by atoms with Crippen molar-refractivity contribution in [2.45, 2.75) is 13.0 Å². The number of rotatable bonds is 3. The van der Waals surface area contributed by atoms with Crippen LogP contribution in [0, 0.1) is 0 Å². The van der Waals surface area contributed by atoms with Crippen LogP contribution in [0.15, 0.2) is 18.2 Å². The molecule has 15 heavy (non-hydrogen) atoms. The zero-order valence-electron chi connectivity index (χ0n) is 8.17. The second-order valence-corrected chi connectivity index (χ2v) is 3.90. The maximum atomic E-state index is 10.6.